The molecular formula is C20H19FN6. The number of halogens is 1. The first-order valence-electron chi connectivity index (χ1n) is 8.80. The largest absolute Gasteiger partial charge is 0.397 e. The molecule has 27 heavy (non-hydrogen) atoms. The van der Waals surface area contributed by atoms with E-state index in [1.54, 1.807) is 36.7 Å². The van der Waals surface area contributed by atoms with Gasteiger partial charge in [0.25, 0.3) is 0 Å². The molecule has 0 atom stereocenters. The van der Waals surface area contributed by atoms with Crippen molar-refractivity contribution in [2.45, 2.75) is 12.8 Å². The molecule has 6 nitrogen and oxygen atoms in total. The number of nitrogens with one attached hydrogen (secondary N) is 1. The van der Waals surface area contributed by atoms with Gasteiger partial charge in [0.05, 0.1) is 35.7 Å². The Labute approximate surface area is 156 Å². The average Bonchev–Trinajstić information content (AvgIpc) is 3.23. The average molecular weight is 362 g/mol. The lowest BCUT2D eigenvalue weighted by Gasteiger charge is -2.16. The molecule has 1 aliphatic heterocycles. The number of nitrogens with two attached hydrogens (primary N) is 1. The summed E-state index contributed by atoms with van der Waals surface area (Å²) in [6.07, 6.45) is 7.15. The van der Waals surface area contributed by atoms with Crippen molar-refractivity contribution >= 4 is 17.2 Å². The van der Waals surface area contributed by atoms with E-state index in [0.29, 0.717) is 22.6 Å². The van der Waals surface area contributed by atoms with Gasteiger partial charge in [0, 0.05) is 24.2 Å². The third kappa shape index (κ3) is 3.36. The van der Waals surface area contributed by atoms with Gasteiger partial charge in [-0.15, -0.1) is 0 Å². The summed E-state index contributed by atoms with van der Waals surface area (Å²) in [5.41, 5.74) is 8.10. The summed E-state index contributed by atoms with van der Waals surface area (Å²) in [7, 11) is 0. The van der Waals surface area contributed by atoms with Gasteiger partial charge in [0.2, 0.25) is 0 Å². The van der Waals surface area contributed by atoms with Gasteiger partial charge in [-0.1, -0.05) is 12.1 Å². The van der Waals surface area contributed by atoms with E-state index in [1.165, 1.54) is 12.3 Å². The fraction of sp³-hybridized carbons (Fsp3) is 0.200. The summed E-state index contributed by atoms with van der Waals surface area (Å²) in [6, 6.07) is 7.84. The summed E-state index contributed by atoms with van der Waals surface area (Å²) in [4.78, 5) is 15.5. The van der Waals surface area contributed by atoms with Crippen LogP contribution in [-0.2, 0) is 0 Å². The van der Waals surface area contributed by atoms with Crippen LogP contribution in [0.4, 0.5) is 15.9 Å². The predicted octanol–water partition coefficient (Wildman–Crippen LogP) is 3.28. The quantitative estimate of drug-likeness (QED) is 0.695. The van der Waals surface area contributed by atoms with Crippen LogP contribution in [0.25, 0.3) is 11.4 Å². The molecule has 0 saturated carbocycles. The summed E-state index contributed by atoms with van der Waals surface area (Å²) in [6.45, 7) is 1.94. The highest BCUT2D eigenvalue weighted by Gasteiger charge is 2.17. The second-order valence-electron chi connectivity index (χ2n) is 6.47. The third-order valence-corrected chi connectivity index (χ3v) is 4.66. The maximum absolute atomic E-state index is 14.1. The molecule has 1 fully saturated rings. The lowest BCUT2D eigenvalue weighted by atomic mass is 10.0. The fourth-order valence-electron chi connectivity index (χ4n) is 3.21. The minimum Gasteiger partial charge on any atom is -0.397 e. The van der Waals surface area contributed by atoms with Crippen molar-refractivity contribution in [1.82, 2.24) is 15.0 Å². The van der Waals surface area contributed by atoms with Crippen LogP contribution in [0.2, 0.25) is 0 Å². The molecule has 3 heterocycles. The molecule has 0 radical (unpaired) electrons. The molecule has 4 rings (SSSR count). The third-order valence-electron chi connectivity index (χ3n) is 4.66. The van der Waals surface area contributed by atoms with Crippen LogP contribution in [-0.4, -0.2) is 33.8 Å². The van der Waals surface area contributed by atoms with Crippen LogP contribution in [0, 0.1) is 11.2 Å². The smallest absolute Gasteiger partial charge is 0.147 e. The molecule has 3 N–H and O–H groups in total. The molecule has 1 saturated heterocycles. The first-order valence-corrected chi connectivity index (χ1v) is 8.80. The van der Waals surface area contributed by atoms with Gasteiger partial charge in [0.1, 0.15) is 17.3 Å². The normalized spacial score (nSPS) is 13.7. The molecule has 3 aromatic rings. The van der Waals surface area contributed by atoms with Gasteiger partial charge < -0.3 is 10.6 Å². The highest BCUT2D eigenvalue weighted by atomic mass is 19.1. The van der Waals surface area contributed by atoms with Gasteiger partial charge in [0.15, 0.2) is 0 Å². The molecule has 0 aliphatic carbocycles. The molecular weight excluding hydrogens is 343 g/mol. The van der Waals surface area contributed by atoms with Crippen molar-refractivity contribution in [1.29, 1.82) is 5.41 Å². The minimum absolute atomic E-state index is 0.0120. The van der Waals surface area contributed by atoms with Crippen LogP contribution in [0.15, 0.2) is 48.9 Å². The monoisotopic (exact) mass is 362 g/mol. The number of nitrogen functional groups attached to an aromatic ring is 1. The van der Waals surface area contributed by atoms with E-state index >= 15 is 0 Å². The van der Waals surface area contributed by atoms with Crippen LogP contribution in [0.3, 0.4) is 0 Å². The molecule has 0 spiro atoms. The number of hydrogen-bond acceptors (Lipinski definition) is 6. The van der Waals surface area contributed by atoms with Crippen LogP contribution < -0.4 is 10.6 Å². The van der Waals surface area contributed by atoms with E-state index in [-0.39, 0.29) is 11.3 Å². The van der Waals surface area contributed by atoms with Gasteiger partial charge >= 0.3 is 0 Å². The maximum Gasteiger partial charge on any atom is 0.147 e. The predicted molar refractivity (Wildman–Crippen MR) is 103 cm³/mol. The summed E-state index contributed by atoms with van der Waals surface area (Å²) >= 11 is 0. The van der Waals surface area contributed by atoms with Gasteiger partial charge in [-0.25, -0.2) is 9.37 Å². The zero-order valence-corrected chi connectivity index (χ0v) is 14.7. The Hall–Kier alpha value is -3.35. The first-order chi connectivity index (χ1) is 13.1. The number of rotatable bonds is 4. The van der Waals surface area contributed by atoms with Crippen LogP contribution >= 0.6 is 0 Å². The number of aromatic nitrogens is 3. The maximum atomic E-state index is 14.1. The summed E-state index contributed by atoms with van der Waals surface area (Å²) in [5.74, 6) is 0.352. The van der Waals surface area contributed by atoms with Crippen LogP contribution in [0.1, 0.15) is 24.0 Å². The Morgan fingerprint density at radius 2 is 1.81 bits per heavy atom. The van der Waals surface area contributed by atoms with Gasteiger partial charge in [-0.05, 0) is 31.0 Å². The summed E-state index contributed by atoms with van der Waals surface area (Å²) < 4.78 is 14.1. The molecule has 0 bridgehead atoms. The van der Waals surface area contributed by atoms with E-state index in [2.05, 4.69) is 19.9 Å². The number of benzene rings is 1. The molecule has 7 heteroatoms. The van der Waals surface area contributed by atoms with Crippen molar-refractivity contribution in [2.75, 3.05) is 23.7 Å². The number of pyridine rings is 1. The molecule has 1 aliphatic rings. The topological polar surface area (TPSA) is 91.8 Å². The van der Waals surface area contributed by atoms with E-state index in [4.69, 9.17) is 11.1 Å². The fourth-order valence-corrected chi connectivity index (χ4v) is 3.21. The first kappa shape index (κ1) is 17.1. The minimum atomic E-state index is -0.462. The highest BCUT2D eigenvalue weighted by molar-refractivity contribution is 6.14. The zero-order valence-electron chi connectivity index (χ0n) is 14.7. The number of nitrogens with zero attached hydrogens (tertiary/aromatic N) is 4. The van der Waals surface area contributed by atoms with E-state index in [9.17, 15) is 4.39 Å². The molecule has 2 aromatic heterocycles. The molecule has 136 valence electrons. The molecule has 1 aromatic carbocycles. The van der Waals surface area contributed by atoms with Gasteiger partial charge in [-0.2, -0.15) is 0 Å². The Morgan fingerprint density at radius 3 is 2.59 bits per heavy atom. The highest BCUT2D eigenvalue weighted by Crippen LogP contribution is 2.25. The Balaban J connectivity index is 1.72. The molecule has 0 amide bonds. The van der Waals surface area contributed by atoms with E-state index in [0.717, 1.165) is 31.7 Å². The second-order valence-corrected chi connectivity index (χ2v) is 6.47. The van der Waals surface area contributed by atoms with E-state index in [1.807, 2.05) is 0 Å². The number of anilines is 2. The SMILES string of the molecule is N=C(c1cc(-c2cncc(N3CCCC3)n2)ncc1N)c1ccccc1F. The van der Waals surface area contributed by atoms with Crippen molar-refractivity contribution in [2.24, 2.45) is 0 Å². The Kier molecular flexibility index (Phi) is 4.50. The van der Waals surface area contributed by atoms with Crippen molar-refractivity contribution in [3.8, 4) is 11.4 Å². The number of hydrogen-bond donors (Lipinski definition) is 2. The second kappa shape index (κ2) is 7.11. The van der Waals surface area contributed by atoms with E-state index < -0.39 is 5.82 Å². The van der Waals surface area contributed by atoms with Gasteiger partial charge in [-0.3, -0.25) is 15.4 Å². The zero-order chi connectivity index (χ0) is 18.8. The van der Waals surface area contributed by atoms with Crippen LogP contribution in [0.5, 0.6) is 0 Å². The lowest BCUT2D eigenvalue weighted by Crippen LogP contribution is -2.19. The standard InChI is InChI=1S/C20H19FN6/c21-15-6-2-1-5-13(15)20(23)14-9-17(25-10-16(14)22)18-11-24-12-19(26-18)27-7-3-4-8-27/h1-2,5-6,9-12,23H,3-4,7-8,22H2. The lowest BCUT2D eigenvalue weighted by molar-refractivity contribution is 0.625. The Bertz CT molecular complexity index is 997. The summed E-state index contributed by atoms with van der Waals surface area (Å²) in [5, 5.41) is 8.40. The van der Waals surface area contributed by atoms with Crippen molar-refractivity contribution in [3.05, 3.63) is 65.9 Å². The van der Waals surface area contributed by atoms with Crippen molar-refractivity contribution in [3.63, 3.8) is 0 Å². The van der Waals surface area contributed by atoms with Crippen molar-refractivity contribution < 1.29 is 4.39 Å². The molecule has 0 unspecified atom stereocenters. The Morgan fingerprint density at radius 1 is 1.04 bits per heavy atom.